The number of allylic oxidation sites excluding steroid dienone is 3. The van der Waals surface area contributed by atoms with E-state index in [0.29, 0.717) is 38.5 Å². The van der Waals surface area contributed by atoms with Crippen molar-refractivity contribution in [2.24, 2.45) is 39.4 Å². The molecule has 32 nitrogen and oxygen atoms in total. The van der Waals surface area contributed by atoms with E-state index in [1.54, 1.807) is 0 Å². The highest BCUT2D eigenvalue weighted by Gasteiger charge is 2.79. The predicted molar refractivity (Wildman–Crippen MR) is 326 cm³/mol. The molecule has 3 unspecified atom stereocenters. The van der Waals surface area contributed by atoms with Crippen molar-refractivity contribution in [3.8, 4) is 0 Å². The minimum Gasteiger partial charge on any atom is -0.458 e. The number of methoxy groups -OCH3 is 2. The fraction of sp³-hybridized carbons (Fsp3) is 0.909. The monoisotopic (exact) mass is 1410 g/mol. The number of aliphatic hydroxyl groups is 15. The average molecular weight is 1410 g/mol. The zero-order valence-electron chi connectivity index (χ0n) is 56.5. The second kappa shape index (κ2) is 29.8. The Morgan fingerprint density at radius 2 is 1.06 bits per heavy atom. The number of hydrogen-bond acceptors (Lipinski definition) is 32. The van der Waals surface area contributed by atoms with Crippen LogP contribution in [-0.4, -0.2) is 326 Å². The molecular formula is C66H104O32. The van der Waals surface area contributed by atoms with Crippen molar-refractivity contribution >= 4 is 11.8 Å². The van der Waals surface area contributed by atoms with Crippen LogP contribution in [0.15, 0.2) is 23.8 Å². The molecule has 98 heavy (non-hydrogen) atoms. The third kappa shape index (κ3) is 13.2. The second-order valence-electron chi connectivity index (χ2n) is 30.2. The van der Waals surface area contributed by atoms with Gasteiger partial charge in [0.15, 0.2) is 37.7 Å². The largest absolute Gasteiger partial charge is 0.458 e. The van der Waals surface area contributed by atoms with Gasteiger partial charge in [0, 0.05) is 20.6 Å². The van der Waals surface area contributed by atoms with Crippen molar-refractivity contribution in [1.82, 2.24) is 0 Å². The molecule has 11 aliphatic rings. The van der Waals surface area contributed by atoms with Gasteiger partial charge in [-0.1, -0.05) is 44.9 Å². The van der Waals surface area contributed by atoms with Gasteiger partial charge in [-0.05, 0) is 93.3 Å². The van der Waals surface area contributed by atoms with Gasteiger partial charge in [-0.2, -0.15) is 0 Å². The first-order valence-electron chi connectivity index (χ1n) is 34.2. The summed E-state index contributed by atoms with van der Waals surface area (Å²) in [5.74, 6) is -1.07. The van der Waals surface area contributed by atoms with Gasteiger partial charge in [-0.25, -0.2) is 0 Å². The van der Waals surface area contributed by atoms with Crippen molar-refractivity contribution in [2.75, 3.05) is 53.9 Å². The first-order valence-corrected chi connectivity index (χ1v) is 34.2. The maximum absolute atomic E-state index is 14.6. The Bertz CT molecular complexity index is 2800. The molecule has 4 aliphatic carbocycles. The lowest BCUT2D eigenvalue weighted by Gasteiger charge is -2.63. The molecule has 36 atom stereocenters. The molecule has 0 aromatic heterocycles. The third-order valence-electron chi connectivity index (χ3n) is 24.0. The summed E-state index contributed by atoms with van der Waals surface area (Å²) in [4.78, 5) is 29.1. The third-order valence-corrected chi connectivity index (χ3v) is 24.0. The van der Waals surface area contributed by atoms with Crippen LogP contribution in [0.4, 0.5) is 0 Å². The van der Waals surface area contributed by atoms with Gasteiger partial charge >= 0.3 is 5.97 Å². The Morgan fingerprint density at radius 3 is 1.64 bits per heavy atom. The summed E-state index contributed by atoms with van der Waals surface area (Å²) in [5.41, 5.74) is -1.68. The van der Waals surface area contributed by atoms with E-state index in [4.69, 9.17) is 71.1 Å². The maximum Gasteiger partial charge on any atom is 0.314 e. The summed E-state index contributed by atoms with van der Waals surface area (Å²) in [7, 11) is 2.36. The minimum atomic E-state index is -2.14. The molecule has 7 heterocycles. The van der Waals surface area contributed by atoms with Crippen molar-refractivity contribution < 1.29 is 157 Å². The van der Waals surface area contributed by atoms with Crippen molar-refractivity contribution in [1.29, 1.82) is 0 Å². The highest BCUT2D eigenvalue weighted by molar-refractivity contribution is 5.99. The molecule has 7 saturated heterocycles. The van der Waals surface area contributed by atoms with Crippen LogP contribution in [0.1, 0.15) is 99.3 Å². The Balaban J connectivity index is 0.836. The Hall–Kier alpha value is -2.54. The van der Waals surface area contributed by atoms with Crippen molar-refractivity contribution in [2.45, 2.75) is 283 Å². The molecule has 10 fully saturated rings. The molecule has 0 amide bonds. The van der Waals surface area contributed by atoms with Gasteiger partial charge in [-0.15, -0.1) is 6.58 Å². The van der Waals surface area contributed by atoms with Gasteiger partial charge in [0.05, 0.1) is 57.1 Å². The van der Waals surface area contributed by atoms with Crippen LogP contribution >= 0.6 is 0 Å². The number of rotatable bonds is 22. The maximum atomic E-state index is 14.6. The van der Waals surface area contributed by atoms with E-state index in [0.717, 1.165) is 18.4 Å². The number of carbonyl (C=O) groups excluding carboxylic acids is 2. The number of Topliss-reactive ketones (excluding diaryl/α,β-unsaturated/α-hetero) is 1. The smallest absolute Gasteiger partial charge is 0.314 e. The standard InChI is InChI=1S/C66H104O32/c1-26(2)11-10-16-65(7)54-29(71)19-64(6)28-12-13-36-62(3,4)37(15-17-63(36,5)27(28)14-18-66(54,64)61(83)98-65)93-60-53(41(76)35(25-87-60)92-57-47(82)52(40(75)33(22-69)88-57)96-59-46(81)51(85-9)39(74)32(21-68)90-59)97-56-43(78)42(77)49(34(23-70)91-56)95-55-44(79)48(30(72)24-86-55)94-58-45(80)50(84-8)38(73)31(20-67)89-58/h14,28,30-60,67-70,72-82H,1,10-13,15-25H2,2-9H3/t28?,30-,31-,32-,33-,34-,35-,36?,37+,38-,39-,40-,41+,42-,43-,44-,45-,46-,47-,48+,49-,50+,51+,52+,53-,54-,55+,56+,57+,58+,59+,60+,63-,64+,65+,66?/m1/s1. The molecule has 7 aliphatic heterocycles. The zero-order valence-corrected chi connectivity index (χ0v) is 56.5. The molecule has 11 rings (SSSR count). The van der Waals surface area contributed by atoms with Gasteiger partial charge in [0.2, 0.25) is 0 Å². The molecule has 0 aromatic carbocycles. The molecule has 3 saturated carbocycles. The van der Waals surface area contributed by atoms with Crippen LogP contribution in [0, 0.1) is 39.4 Å². The molecule has 0 radical (unpaired) electrons. The van der Waals surface area contributed by atoms with E-state index in [2.05, 4.69) is 40.3 Å². The first kappa shape index (κ1) is 76.6. The van der Waals surface area contributed by atoms with Gasteiger partial charge in [0.1, 0.15) is 146 Å². The van der Waals surface area contributed by atoms with Crippen molar-refractivity contribution in [3.05, 3.63) is 23.8 Å². The number of aliphatic hydroxyl groups excluding tert-OH is 15. The van der Waals surface area contributed by atoms with E-state index in [-0.39, 0.29) is 30.0 Å². The predicted octanol–water partition coefficient (Wildman–Crippen LogP) is -4.29. The summed E-state index contributed by atoms with van der Waals surface area (Å²) in [6.07, 6.45) is -41.6. The number of ether oxygens (including phenoxy) is 15. The van der Waals surface area contributed by atoms with E-state index >= 15 is 0 Å². The Kier molecular flexibility index (Phi) is 23.3. The molecule has 15 N–H and O–H groups in total. The molecule has 32 heteroatoms. The van der Waals surface area contributed by atoms with E-state index in [9.17, 15) is 86.2 Å². The minimum absolute atomic E-state index is 0.0446. The summed E-state index contributed by atoms with van der Waals surface area (Å²) < 4.78 is 89.5. The molecule has 0 bridgehead atoms. The number of esters is 1. The summed E-state index contributed by atoms with van der Waals surface area (Å²) in [6, 6.07) is 0. The topological polar surface area (TPSA) is 476 Å². The first-order chi connectivity index (χ1) is 46.3. The Morgan fingerprint density at radius 1 is 0.551 bits per heavy atom. The Labute approximate surface area is 567 Å². The van der Waals surface area contributed by atoms with Crippen LogP contribution in [-0.2, 0) is 80.6 Å². The number of carbonyl (C=O) groups is 2. The molecule has 560 valence electrons. The number of hydrogen-bond donors (Lipinski definition) is 15. The molecule has 0 aromatic rings. The second-order valence-corrected chi connectivity index (χ2v) is 30.2. The molecule has 1 spiro atoms. The van der Waals surface area contributed by atoms with E-state index in [1.165, 1.54) is 19.8 Å². The fourth-order valence-electron chi connectivity index (χ4n) is 18.8. The van der Waals surface area contributed by atoms with Crippen LogP contribution < -0.4 is 0 Å². The van der Waals surface area contributed by atoms with Gasteiger partial charge in [-0.3, -0.25) is 9.59 Å². The molecular weight excluding hydrogens is 1300 g/mol. The van der Waals surface area contributed by atoms with Crippen LogP contribution in [0.3, 0.4) is 0 Å². The lowest BCUT2D eigenvalue weighted by Crippen LogP contribution is -2.67. The van der Waals surface area contributed by atoms with Gasteiger partial charge < -0.3 is 148 Å². The van der Waals surface area contributed by atoms with Crippen molar-refractivity contribution in [3.63, 3.8) is 0 Å². The lowest BCUT2D eigenvalue weighted by atomic mass is 9.41. The summed E-state index contributed by atoms with van der Waals surface area (Å²) >= 11 is 0. The number of ketones is 1. The van der Waals surface area contributed by atoms with Crippen LogP contribution in [0.25, 0.3) is 0 Å². The highest BCUT2D eigenvalue weighted by Crippen LogP contribution is 2.75. The van der Waals surface area contributed by atoms with Crippen LogP contribution in [0.2, 0.25) is 0 Å². The summed E-state index contributed by atoms with van der Waals surface area (Å²) in [5, 5.41) is 167. The zero-order chi connectivity index (χ0) is 71.2. The SMILES string of the molecule is C=C(C)CCC[C@]1(C)OC(=O)C23CC=C4C(CCC5C(C)(C)[C@@H](O[C@@H]6OC[C@@H](O[C@@H]7O[C@H](CO)[C@@H](O)[C@H](O[C@@H]8O[C@H](CO)[C@@H](O)[C@H](OC)[C@H]8O)[C@H]7O)[C@H](O)[C@H]6O[C@@H]6O[C@H](CO)[C@@H](O[C@@H]7OC[C@@H](O)[C@H](O[C@@H]8O[C@H](CO)[C@@H](O)[C@H](OC)[C@H]8O)[C@H]7O)[C@H](O)[C@H]6O)CC[C@]45C)[C@]2(C)CC(=O)[C@@H]31. The summed E-state index contributed by atoms with van der Waals surface area (Å²) in [6.45, 7) is 11.9. The van der Waals surface area contributed by atoms with E-state index in [1.807, 2.05) is 13.8 Å². The van der Waals surface area contributed by atoms with Crippen LogP contribution in [0.5, 0.6) is 0 Å². The van der Waals surface area contributed by atoms with E-state index < -0.39 is 251 Å². The number of cyclic esters (lactones) is 1. The average Bonchev–Trinajstić information content (AvgIpc) is 1.47. The quantitative estimate of drug-likeness (QED) is 0.0277. The van der Waals surface area contributed by atoms with Gasteiger partial charge in [0.25, 0.3) is 0 Å². The fourth-order valence-corrected chi connectivity index (χ4v) is 18.8. The number of fused-ring (bicyclic) bond motifs is 4. The lowest BCUT2D eigenvalue weighted by molar-refractivity contribution is -0.396. The normalized spacial score (nSPS) is 51.7. The highest BCUT2D eigenvalue weighted by atomic mass is 16.8.